The Hall–Kier alpha value is -3.63. The molecule has 1 unspecified atom stereocenters. The molecule has 3 aromatic rings. The normalized spacial score (nSPS) is 13.6. The molecule has 2 aromatic carbocycles. The first kappa shape index (κ1) is 23.0. The Labute approximate surface area is 184 Å². The van der Waals surface area contributed by atoms with Crippen LogP contribution in [0.2, 0.25) is 0 Å². The number of aromatic hydroxyl groups is 1. The van der Waals surface area contributed by atoms with Crippen LogP contribution in [0.15, 0.2) is 66.2 Å². The summed E-state index contributed by atoms with van der Waals surface area (Å²) in [6.45, 7) is 0.145. The number of nitrogens with zero attached hydrogens (tertiary/aromatic N) is 5. The number of hydrazine groups is 1. The van der Waals surface area contributed by atoms with Crippen molar-refractivity contribution in [3.8, 4) is 5.75 Å². The number of halogens is 2. The van der Waals surface area contributed by atoms with Gasteiger partial charge in [0.25, 0.3) is 0 Å². The highest BCUT2D eigenvalue weighted by Gasteiger charge is 2.35. The van der Waals surface area contributed by atoms with Crippen LogP contribution in [-0.4, -0.2) is 56.5 Å². The van der Waals surface area contributed by atoms with Crippen molar-refractivity contribution in [2.24, 2.45) is 4.99 Å². The molecule has 3 N–H and O–H groups in total. The SMILES string of the molecule is CN=CN(CC(O)(Cn1cncn1)c1ccc(F)cc1F)NC/C=C/c1ccc(O)cc1. The molecule has 0 aliphatic rings. The maximum absolute atomic E-state index is 14.6. The van der Waals surface area contributed by atoms with Crippen molar-refractivity contribution in [3.63, 3.8) is 0 Å². The van der Waals surface area contributed by atoms with Crippen molar-refractivity contribution in [1.82, 2.24) is 25.2 Å². The molecule has 10 heteroatoms. The molecular formula is C22H24F2N6O2. The van der Waals surface area contributed by atoms with Crippen LogP contribution in [-0.2, 0) is 12.1 Å². The summed E-state index contributed by atoms with van der Waals surface area (Å²) in [5.74, 6) is -1.42. The van der Waals surface area contributed by atoms with Crippen LogP contribution >= 0.6 is 0 Å². The van der Waals surface area contributed by atoms with Gasteiger partial charge in [-0.15, -0.1) is 0 Å². The van der Waals surface area contributed by atoms with Gasteiger partial charge in [0, 0.05) is 25.2 Å². The van der Waals surface area contributed by atoms with Crippen LogP contribution < -0.4 is 5.43 Å². The molecule has 3 rings (SSSR count). The zero-order valence-corrected chi connectivity index (χ0v) is 17.4. The van der Waals surface area contributed by atoms with Crippen molar-refractivity contribution >= 4 is 12.4 Å². The maximum atomic E-state index is 14.6. The lowest BCUT2D eigenvalue weighted by molar-refractivity contribution is -0.0138. The van der Waals surface area contributed by atoms with Crippen LogP contribution in [0.4, 0.5) is 8.78 Å². The van der Waals surface area contributed by atoms with E-state index in [-0.39, 0.29) is 24.4 Å². The topological polar surface area (TPSA) is 98.8 Å². The summed E-state index contributed by atoms with van der Waals surface area (Å²) in [5, 5.41) is 26.3. The first-order valence-electron chi connectivity index (χ1n) is 9.78. The lowest BCUT2D eigenvalue weighted by atomic mass is 9.92. The molecule has 0 saturated heterocycles. The van der Waals surface area contributed by atoms with Crippen molar-refractivity contribution in [2.75, 3.05) is 20.1 Å². The minimum absolute atomic E-state index is 0.0784. The summed E-state index contributed by atoms with van der Waals surface area (Å²) in [7, 11) is 1.57. The van der Waals surface area contributed by atoms with Gasteiger partial charge in [-0.3, -0.25) is 10.0 Å². The van der Waals surface area contributed by atoms with Crippen LogP contribution in [0, 0.1) is 11.6 Å². The quantitative estimate of drug-likeness (QED) is 0.253. The van der Waals surface area contributed by atoms with Gasteiger partial charge >= 0.3 is 0 Å². The Morgan fingerprint density at radius 1 is 1.22 bits per heavy atom. The van der Waals surface area contributed by atoms with Crippen LogP contribution in [0.1, 0.15) is 11.1 Å². The van der Waals surface area contributed by atoms with Gasteiger partial charge in [0.05, 0.1) is 19.4 Å². The third-order valence-corrected chi connectivity index (χ3v) is 4.63. The largest absolute Gasteiger partial charge is 0.508 e. The molecule has 8 nitrogen and oxygen atoms in total. The first-order valence-corrected chi connectivity index (χ1v) is 9.78. The Morgan fingerprint density at radius 2 is 2.00 bits per heavy atom. The summed E-state index contributed by atoms with van der Waals surface area (Å²) in [4.78, 5) is 7.83. The van der Waals surface area contributed by atoms with E-state index in [0.717, 1.165) is 17.7 Å². The van der Waals surface area contributed by atoms with Crippen molar-refractivity contribution < 1.29 is 19.0 Å². The Balaban J connectivity index is 1.77. The maximum Gasteiger partial charge on any atom is 0.137 e. The van der Waals surface area contributed by atoms with Gasteiger partial charge in [-0.25, -0.2) is 23.9 Å². The van der Waals surface area contributed by atoms with Gasteiger partial charge in [0.2, 0.25) is 0 Å². The number of benzene rings is 2. The van der Waals surface area contributed by atoms with E-state index in [1.54, 1.807) is 31.3 Å². The van der Waals surface area contributed by atoms with Crippen molar-refractivity contribution in [3.05, 3.63) is 84.0 Å². The summed E-state index contributed by atoms with van der Waals surface area (Å²) in [6, 6.07) is 9.75. The lowest BCUT2D eigenvalue weighted by Crippen LogP contribution is -2.49. The summed E-state index contributed by atoms with van der Waals surface area (Å²) >= 11 is 0. The predicted molar refractivity (Wildman–Crippen MR) is 117 cm³/mol. The molecule has 0 amide bonds. The fraction of sp³-hybridized carbons (Fsp3) is 0.227. The van der Waals surface area contributed by atoms with Gasteiger partial charge in [-0.05, 0) is 23.8 Å². The van der Waals surface area contributed by atoms with E-state index in [1.807, 2.05) is 12.2 Å². The summed E-state index contributed by atoms with van der Waals surface area (Å²) < 4.78 is 29.4. The van der Waals surface area contributed by atoms with E-state index in [9.17, 15) is 19.0 Å². The number of aliphatic imine (C=N–C) groups is 1. The standard InChI is InChI=1S/C22H24F2N6O2/c1-25-15-29(27-10-2-3-17-4-7-19(31)8-5-17)12-22(32,13-30-16-26-14-28-30)20-9-6-18(23)11-21(20)24/h2-9,11,14-16,27,31-32H,10,12-13H2,1H3/b3-2+,25-15?. The highest BCUT2D eigenvalue weighted by atomic mass is 19.1. The van der Waals surface area contributed by atoms with E-state index in [1.165, 1.54) is 34.8 Å². The smallest absolute Gasteiger partial charge is 0.137 e. The highest BCUT2D eigenvalue weighted by molar-refractivity contribution is 5.54. The first-order chi connectivity index (χ1) is 15.4. The molecule has 32 heavy (non-hydrogen) atoms. The van der Waals surface area contributed by atoms with E-state index in [2.05, 4.69) is 20.5 Å². The monoisotopic (exact) mass is 442 g/mol. The molecule has 1 heterocycles. The van der Waals surface area contributed by atoms with Crippen molar-refractivity contribution in [2.45, 2.75) is 12.1 Å². The molecule has 0 fully saturated rings. The number of aromatic nitrogens is 3. The second-order valence-corrected chi connectivity index (χ2v) is 7.11. The zero-order chi connectivity index (χ0) is 23.0. The van der Waals surface area contributed by atoms with Crippen LogP contribution in [0.5, 0.6) is 5.75 Å². The zero-order valence-electron chi connectivity index (χ0n) is 17.4. The van der Waals surface area contributed by atoms with Crippen LogP contribution in [0.3, 0.4) is 0 Å². The highest BCUT2D eigenvalue weighted by Crippen LogP contribution is 2.27. The average molecular weight is 442 g/mol. The second kappa shape index (κ2) is 10.6. The Kier molecular flexibility index (Phi) is 7.63. The number of rotatable bonds is 10. The molecule has 0 aliphatic carbocycles. The molecule has 1 aromatic heterocycles. The summed E-state index contributed by atoms with van der Waals surface area (Å²) in [5.41, 5.74) is 2.13. The van der Waals surface area contributed by atoms with E-state index < -0.39 is 17.2 Å². The third kappa shape index (κ3) is 6.19. The molecule has 0 spiro atoms. The molecule has 0 radical (unpaired) electrons. The van der Waals surface area contributed by atoms with Crippen molar-refractivity contribution in [1.29, 1.82) is 0 Å². The molecule has 0 aliphatic heterocycles. The van der Waals surface area contributed by atoms with Gasteiger partial charge in [-0.1, -0.05) is 30.4 Å². The molecule has 0 saturated carbocycles. The average Bonchev–Trinajstić information content (AvgIpc) is 3.25. The lowest BCUT2D eigenvalue weighted by Gasteiger charge is -2.34. The Bertz CT molecular complexity index is 1060. The van der Waals surface area contributed by atoms with E-state index in [0.29, 0.717) is 6.54 Å². The fourth-order valence-electron chi connectivity index (χ4n) is 3.18. The van der Waals surface area contributed by atoms with Gasteiger partial charge in [-0.2, -0.15) is 5.10 Å². The van der Waals surface area contributed by atoms with Crippen LogP contribution in [0.25, 0.3) is 6.08 Å². The molecule has 0 bridgehead atoms. The number of aliphatic hydroxyl groups is 1. The second-order valence-electron chi connectivity index (χ2n) is 7.11. The Morgan fingerprint density at radius 3 is 2.66 bits per heavy atom. The number of hydrogen-bond acceptors (Lipinski definition) is 6. The number of phenolic OH excluding ortho intramolecular Hbond substituents is 1. The number of hydrogen-bond donors (Lipinski definition) is 3. The van der Waals surface area contributed by atoms with E-state index >= 15 is 0 Å². The summed E-state index contributed by atoms with van der Waals surface area (Å²) in [6.07, 6.45) is 7.87. The predicted octanol–water partition coefficient (Wildman–Crippen LogP) is 2.33. The minimum Gasteiger partial charge on any atom is -0.508 e. The fourth-order valence-corrected chi connectivity index (χ4v) is 3.18. The number of phenols is 1. The van der Waals surface area contributed by atoms with Gasteiger partial charge in [0.1, 0.15) is 35.6 Å². The molecular weight excluding hydrogens is 418 g/mol. The minimum atomic E-state index is -1.78. The van der Waals surface area contributed by atoms with E-state index in [4.69, 9.17) is 0 Å². The van der Waals surface area contributed by atoms with Gasteiger partial charge < -0.3 is 10.2 Å². The van der Waals surface area contributed by atoms with Gasteiger partial charge in [0.15, 0.2) is 0 Å². The molecule has 168 valence electrons. The number of nitrogens with one attached hydrogen (secondary N) is 1. The third-order valence-electron chi connectivity index (χ3n) is 4.63. The molecule has 1 atom stereocenters.